The highest BCUT2D eigenvalue weighted by atomic mass is 16.7. The lowest BCUT2D eigenvalue weighted by molar-refractivity contribution is -0.288. The number of carbonyl (C=O) groups excluding carboxylic acids is 4. The molecule has 50 heavy (non-hydrogen) atoms. The van der Waals surface area contributed by atoms with E-state index in [1.165, 1.54) is 19.1 Å². The average Bonchev–Trinajstić information content (AvgIpc) is 3.05. The highest BCUT2D eigenvalue weighted by molar-refractivity contribution is 5.86. The molecule has 14 heteroatoms. The molecule has 2 aromatic carbocycles. The van der Waals surface area contributed by atoms with Crippen LogP contribution in [0.15, 0.2) is 57.7 Å². The molecule has 3 aromatic rings. The Labute approximate surface area is 288 Å². The van der Waals surface area contributed by atoms with Gasteiger partial charge in [0, 0.05) is 33.8 Å². The van der Waals surface area contributed by atoms with Crippen molar-refractivity contribution in [2.75, 3.05) is 13.2 Å². The van der Waals surface area contributed by atoms with Gasteiger partial charge in [0.1, 0.15) is 30.7 Å². The first-order valence-corrected chi connectivity index (χ1v) is 16.3. The van der Waals surface area contributed by atoms with Crippen molar-refractivity contribution >= 4 is 34.8 Å². The Balaban J connectivity index is 1.71. The summed E-state index contributed by atoms with van der Waals surface area (Å²) in [7, 11) is 0. The van der Waals surface area contributed by atoms with E-state index >= 15 is 0 Å². The fourth-order valence-electron chi connectivity index (χ4n) is 5.33. The van der Waals surface area contributed by atoms with Crippen LogP contribution in [0.2, 0.25) is 0 Å². The Morgan fingerprint density at radius 3 is 2.08 bits per heavy atom. The molecule has 1 aromatic heterocycles. The molecule has 0 amide bonds. The van der Waals surface area contributed by atoms with Crippen LogP contribution in [-0.2, 0) is 49.5 Å². The number of rotatable bonds is 16. The standard InChI is InChI=1S/C36H42O14/c1-6-7-8-12-17-42-33-30(44-19-25-13-10-9-11-14-25)27-16-15-26(18-28(27)49-35(33)41)48-36-34(47-24(5)40)32(46-23(4)39)31(45-22(3)38)29(50-36)20-43-21(2)37/h9-11,13-16,18,29,31-32,34,36H,6-8,12,17,19-20H2,1-5H3/t29-,31-,32+,34-,36-/m1/s1. The quantitative estimate of drug-likeness (QED) is 0.0865. The van der Waals surface area contributed by atoms with Gasteiger partial charge in [0.15, 0.2) is 18.0 Å². The summed E-state index contributed by atoms with van der Waals surface area (Å²) in [5.74, 6) is -2.76. The van der Waals surface area contributed by atoms with Gasteiger partial charge in [-0.25, -0.2) is 4.79 Å². The van der Waals surface area contributed by atoms with Gasteiger partial charge in [0.25, 0.3) is 0 Å². The predicted molar refractivity (Wildman–Crippen MR) is 175 cm³/mol. The minimum Gasteiger partial charge on any atom is -0.484 e. The van der Waals surface area contributed by atoms with Crippen molar-refractivity contribution in [3.63, 3.8) is 0 Å². The Bertz CT molecular complexity index is 1680. The van der Waals surface area contributed by atoms with Gasteiger partial charge in [-0.3, -0.25) is 19.2 Å². The van der Waals surface area contributed by atoms with Gasteiger partial charge in [-0.2, -0.15) is 0 Å². The molecule has 0 saturated carbocycles. The Morgan fingerprint density at radius 2 is 1.42 bits per heavy atom. The van der Waals surface area contributed by atoms with Gasteiger partial charge in [-0.1, -0.05) is 56.5 Å². The molecule has 0 aliphatic carbocycles. The van der Waals surface area contributed by atoms with Crippen LogP contribution >= 0.6 is 0 Å². The lowest BCUT2D eigenvalue weighted by Crippen LogP contribution is -2.63. The van der Waals surface area contributed by atoms with Crippen LogP contribution in [0.3, 0.4) is 0 Å². The first-order chi connectivity index (χ1) is 24.0. The smallest absolute Gasteiger partial charge is 0.383 e. The maximum absolute atomic E-state index is 13.3. The van der Waals surface area contributed by atoms with E-state index in [9.17, 15) is 24.0 Å². The molecule has 4 rings (SSSR count). The van der Waals surface area contributed by atoms with Gasteiger partial charge >= 0.3 is 29.5 Å². The molecule has 0 N–H and O–H groups in total. The van der Waals surface area contributed by atoms with Crippen molar-refractivity contribution < 1.29 is 61.5 Å². The zero-order valence-corrected chi connectivity index (χ0v) is 28.7. The number of hydrogen-bond acceptors (Lipinski definition) is 14. The summed E-state index contributed by atoms with van der Waals surface area (Å²) in [6.07, 6.45) is -3.16. The Hall–Kier alpha value is -5.11. The SMILES string of the molecule is CCCCCCOc1c(OCc2ccccc2)c2ccc(O[C@@H]3O[C@H](COC(C)=O)[C@@H](OC(C)=O)[C@H](OC(C)=O)[C@H]3OC(C)=O)cc2oc1=O. The first kappa shape index (κ1) is 37.7. The molecule has 0 radical (unpaired) electrons. The highest BCUT2D eigenvalue weighted by Crippen LogP contribution is 2.37. The number of benzene rings is 2. The van der Waals surface area contributed by atoms with Crippen LogP contribution in [0.1, 0.15) is 65.9 Å². The molecule has 1 aliphatic heterocycles. The minimum atomic E-state index is -1.49. The van der Waals surface area contributed by atoms with Gasteiger partial charge in [0.2, 0.25) is 18.1 Å². The van der Waals surface area contributed by atoms with E-state index in [0.29, 0.717) is 12.0 Å². The van der Waals surface area contributed by atoms with E-state index in [4.69, 9.17) is 42.3 Å². The summed E-state index contributed by atoms with van der Waals surface area (Å²) < 4.78 is 51.3. The molecule has 0 spiro atoms. The van der Waals surface area contributed by atoms with E-state index in [0.717, 1.165) is 52.0 Å². The third-order valence-electron chi connectivity index (χ3n) is 7.46. The van der Waals surface area contributed by atoms with Gasteiger partial charge in [0.05, 0.1) is 12.0 Å². The van der Waals surface area contributed by atoms with Gasteiger partial charge < -0.3 is 42.3 Å². The number of fused-ring (bicyclic) bond motifs is 1. The normalized spacial score (nSPS) is 20.0. The van der Waals surface area contributed by atoms with Crippen molar-refractivity contribution in [3.8, 4) is 17.2 Å². The lowest BCUT2D eigenvalue weighted by Gasteiger charge is -2.43. The summed E-state index contributed by atoms with van der Waals surface area (Å²) in [5.41, 5.74) is 0.187. The molecule has 0 unspecified atom stereocenters. The van der Waals surface area contributed by atoms with E-state index in [2.05, 4.69) is 6.92 Å². The zero-order chi connectivity index (χ0) is 36.2. The summed E-state index contributed by atoms with van der Waals surface area (Å²) in [6, 6.07) is 14.0. The molecular formula is C36H42O14. The molecule has 14 nitrogen and oxygen atoms in total. The maximum atomic E-state index is 13.3. The van der Waals surface area contributed by atoms with Crippen LogP contribution in [0, 0.1) is 0 Å². The molecular weight excluding hydrogens is 656 g/mol. The highest BCUT2D eigenvalue weighted by Gasteiger charge is 2.53. The molecule has 1 aliphatic rings. The van der Waals surface area contributed by atoms with Crippen LogP contribution in [-0.4, -0.2) is 67.8 Å². The number of esters is 4. The fraction of sp³-hybridized carbons (Fsp3) is 0.472. The number of hydrogen-bond donors (Lipinski definition) is 0. The van der Waals surface area contributed by atoms with Crippen molar-refractivity contribution in [2.45, 2.75) is 97.6 Å². The summed E-state index contributed by atoms with van der Waals surface area (Å²) in [4.78, 5) is 61.4. The third-order valence-corrected chi connectivity index (χ3v) is 7.46. The monoisotopic (exact) mass is 698 g/mol. The van der Waals surface area contributed by atoms with Crippen molar-refractivity contribution in [1.82, 2.24) is 0 Å². The third kappa shape index (κ3) is 10.4. The van der Waals surface area contributed by atoms with E-state index in [1.807, 2.05) is 30.3 Å². The molecule has 2 heterocycles. The first-order valence-electron chi connectivity index (χ1n) is 16.3. The van der Waals surface area contributed by atoms with Crippen LogP contribution in [0.4, 0.5) is 0 Å². The summed E-state index contributed by atoms with van der Waals surface area (Å²) in [6.45, 7) is 6.66. The topological polar surface area (TPSA) is 172 Å². The van der Waals surface area contributed by atoms with Gasteiger partial charge in [-0.15, -0.1) is 0 Å². The molecule has 5 atom stereocenters. The molecule has 1 fully saturated rings. The molecule has 1 saturated heterocycles. The van der Waals surface area contributed by atoms with Crippen molar-refractivity contribution in [2.24, 2.45) is 0 Å². The van der Waals surface area contributed by atoms with E-state index in [1.54, 1.807) is 6.07 Å². The van der Waals surface area contributed by atoms with Gasteiger partial charge in [-0.05, 0) is 24.1 Å². The number of ether oxygens (including phenoxy) is 8. The number of carbonyl (C=O) groups is 4. The second kappa shape index (κ2) is 18.0. The predicted octanol–water partition coefficient (Wildman–Crippen LogP) is 4.79. The van der Waals surface area contributed by atoms with E-state index in [-0.39, 0.29) is 29.4 Å². The average molecular weight is 699 g/mol. The zero-order valence-electron chi connectivity index (χ0n) is 28.7. The maximum Gasteiger partial charge on any atom is 0.383 e. The molecule has 0 bridgehead atoms. The fourth-order valence-corrected chi connectivity index (χ4v) is 5.33. The van der Waals surface area contributed by atoms with Crippen molar-refractivity contribution in [1.29, 1.82) is 0 Å². The van der Waals surface area contributed by atoms with Crippen molar-refractivity contribution in [3.05, 3.63) is 64.5 Å². The summed E-state index contributed by atoms with van der Waals surface area (Å²) >= 11 is 0. The minimum absolute atomic E-state index is 0.0572. The largest absolute Gasteiger partial charge is 0.484 e. The van der Waals surface area contributed by atoms with E-state index < -0.39 is 66.8 Å². The van der Waals surface area contributed by atoms with Crippen LogP contribution in [0.25, 0.3) is 11.0 Å². The lowest BCUT2D eigenvalue weighted by atomic mass is 9.98. The molecule has 270 valence electrons. The second-order valence-electron chi connectivity index (χ2n) is 11.6. The Morgan fingerprint density at radius 1 is 0.740 bits per heavy atom. The van der Waals surface area contributed by atoms with Crippen LogP contribution < -0.4 is 19.8 Å². The number of unbranched alkanes of at least 4 members (excludes halogenated alkanes) is 3. The summed E-state index contributed by atoms with van der Waals surface area (Å²) in [5, 5.41) is 0.415. The van der Waals surface area contributed by atoms with Crippen LogP contribution in [0.5, 0.6) is 17.2 Å². The Kier molecular flexibility index (Phi) is 13.6. The second-order valence-corrected chi connectivity index (χ2v) is 11.6.